The first kappa shape index (κ1) is 18.2. The highest BCUT2D eigenvalue weighted by atomic mass is 16.5. The van der Waals surface area contributed by atoms with E-state index < -0.39 is 0 Å². The Morgan fingerprint density at radius 2 is 1.83 bits per heavy atom. The third kappa shape index (κ3) is 6.17. The SMILES string of the molecule is CN(C)C(=O)Cc1ccc(NC(=O)NCCN2CCOCC2)cc1. The number of carbonyl (C=O) groups excluding carboxylic acids is 2. The molecule has 7 nitrogen and oxygen atoms in total. The van der Waals surface area contributed by atoms with E-state index in [4.69, 9.17) is 4.74 Å². The molecule has 0 radical (unpaired) electrons. The van der Waals surface area contributed by atoms with E-state index in [0.29, 0.717) is 18.7 Å². The third-order valence-electron chi connectivity index (χ3n) is 3.88. The zero-order chi connectivity index (χ0) is 17.4. The summed E-state index contributed by atoms with van der Waals surface area (Å²) in [7, 11) is 3.47. The smallest absolute Gasteiger partial charge is 0.319 e. The summed E-state index contributed by atoms with van der Waals surface area (Å²) < 4.78 is 5.29. The summed E-state index contributed by atoms with van der Waals surface area (Å²) in [6, 6.07) is 7.09. The summed E-state index contributed by atoms with van der Waals surface area (Å²) in [6.07, 6.45) is 0.360. The number of benzene rings is 1. The van der Waals surface area contributed by atoms with Crippen molar-refractivity contribution in [2.75, 3.05) is 58.8 Å². The lowest BCUT2D eigenvalue weighted by molar-refractivity contribution is -0.127. The molecule has 2 N–H and O–H groups in total. The molecular formula is C17H26N4O3. The van der Waals surface area contributed by atoms with Gasteiger partial charge < -0.3 is 20.3 Å². The van der Waals surface area contributed by atoms with Crippen LogP contribution in [-0.4, -0.2) is 75.2 Å². The van der Waals surface area contributed by atoms with Crippen molar-refractivity contribution >= 4 is 17.6 Å². The minimum Gasteiger partial charge on any atom is -0.379 e. The fraction of sp³-hybridized carbons (Fsp3) is 0.529. The molecule has 0 saturated carbocycles. The number of morpholine rings is 1. The number of ether oxygens (including phenoxy) is 1. The molecule has 1 aliphatic rings. The zero-order valence-electron chi connectivity index (χ0n) is 14.4. The van der Waals surface area contributed by atoms with Crippen LogP contribution in [0.25, 0.3) is 0 Å². The topological polar surface area (TPSA) is 73.9 Å². The zero-order valence-corrected chi connectivity index (χ0v) is 14.4. The van der Waals surface area contributed by atoms with Gasteiger partial charge in [-0.2, -0.15) is 0 Å². The van der Waals surface area contributed by atoms with E-state index in [9.17, 15) is 9.59 Å². The summed E-state index contributed by atoms with van der Waals surface area (Å²) in [5.74, 6) is 0.0524. The lowest BCUT2D eigenvalue weighted by Crippen LogP contribution is -2.42. The summed E-state index contributed by atoms with van der Waals surface area (Å²) in [5.41, 5.74) is 1.63. The monoisotopic (exact) mass is 334 g/mol. The first-order valence-corrected chi connectivity index (χ1v) is 8.18. The summed E-state index contributed by atoms with van der Waals surface area (Å²) in [6.45, 7) is 4.76. The fourth-order valence-electron chi connectivity index (χ4n) is 2.37. The lowest BCUT2D eigenvalue weighted by Gasteiger charge is -2.26. The molecule has 0 atom stereocenters. The van der Waals surface area contributed by atoms with Gasteiger partial charge in [0.2, 0.25) is 5.91 Å². The molecule has 24 heavy (non-hydrogen) atoms. The molecule has 3 amide bonds. The number of anilines is 1. The van der Waals surface area contributed by atoms with Crippen molar-refractivity contribution in [3.8, 4) is 0 Å². The molecule has 1 aliphatic heterocycles. The van der Waals surface area contributed by atoms with Crippen LogP contribution < -0.4 is 10.6 Å². The third-order valence-corrected chi connectivity index (χ3v) is 3.88. The van der Waals surface area contributed by atoms with Crippen LogP contribution in [-0.2, 0) is 16.0 Å². The van der Waals surface area contributed by atoms with E-state index in [1.54, 1.807) is 31.1 Å². The summed E-state index contributed by atoms with van der Waals surface area (Å²) in [5, 5.41) is 5.64. The maximum atomic E-state index is 11.9. The van der Waals surface area contributed by atoms with Crippen LogP contribution in [0, 0.1) is 0 Å². The van der Waals surface area contributed by atoms with Crippen molar-refractivity contribution in [2.45, 2.75) is 6.42 Å². The number of amides is 3. The first-order chi connectivity index (χ1) is 11.5. The molecule has 0 aromatic heterocycles. The Hall–Kier alpha value is -2.12. The van der Waals surface area contributed by atoms with Gasteiger partial charge in [0.05, 0.1) is 19.6 Å². The number of hydrogen-bond acceptors (Lipinski definition) is 4. The van der Waals surface area contributed by atoms with Crippen molar-refractivity contribution < 1.29 is 14.3 Å². The molecule has 1 heterocycles. The molecule has 0 aliphatic carbocycles. The predicted octanol–water partition coefficient (Wildman–Crippen LogP) is 0.771. The molecular weight excluding hydrogens is 308 g/mol. The second kappa shape index (κ2) is 9.24. The highest BCUT2D eigenvalue weighted by molar-refractivity contribution is 5.89. The molecule has 2 rings (SSSR count). The number of urea groups is 1. The highest BCUT2D eigenvalue weighted by Crippen LogP contribution is 2.10. The van der Waals surface area contributed by atoms with Crippen LogP contribution >= 0.6 is 0 Å². The largest absolute Gasteiger partial charge is 0.379 e. The van der Waals surface area contributed by atoms with Crippen molar-refractivity contribution in [3.63, 3.8) is 0 Å². The predicted molar refractivity (Wildman–Crippen MR) is 93.1 cm³/mol. The quantitative estimate of drug-likeness (QED) is 0.806. The van der Waals surface area contributed by atoms with Crippen LogP contribution in [0.2, 0.25) is 0 Å². The van der Waals surface area contributed by atoms with Crippen molar-refractivity contribution in [1.29, 1.82) is 0 Å². The van der Waals surface area contributed by atoms with Crippen molar-refractivity contribution in [1.82, 2.24) is 15.1 Å². The second-order valence-corrected chi connectivity index (χ2v) is 6.00. The molecule has 0 bridgehead atoms. The van der Waals surface area contributed by atoms with Gasteiger partial charge in [0.1, 0.15) is 0 Å². The van der Waals surface area contributed by atoms with Gasteiger partial charge >= 0.3 is 6.03 Å². The minimum absolute atomic E-state index is 0.0524. The first-order valence-electron chi connectivity index (χ1n) is 8.18. The molecule has 1 aromatic carbocycles. The van der Waals surface area contributed by atoms with E-state index in [1.165, 1.54) is 0 Å². The Morgan fingerprint density at radius 3 is 2.46 bits per heavy atom. The number of likely N-dealkylation sites (N-methyl/N-ethyl adjacent to an activating group) is 1. The number of rotatable bonds is 6. The van der Waals surface area contributed by atoms with Gasteiger partial charge in [-0.15, -0.1) is 0 Å². The molecule has 0 spiro atoms. The number of hydrogen-bond donors (Lipinski definition) is 2. The van der Waals surface area contributed by atoms with Crippen LogP contribution in [0.3, 0.4) is 0 Å². The number of carbonyl (C=O) groups is 2. The lowest BCUT2D eigenvalue weighted by atomic mass is 10.1. The van der Waals surface area contributed by atoms with Gasteiger partial charge in [-0.05, 0) is 17.7 Å². The standard InChI is InChI=1S/C17H26N4O3/c1-20(2)16(22)13-14-3-5-15(6-4-14)19-17(23)18-7-8-21-9-11-24-12-10-21/h3-6H,7-13H2,1-2H3,(H2,18,19,23). The van der Waals surface area contributed by atoms with Gasteiger partial charge in [0.15, 0.2) is 0 Å². The van der Waals surface area contributed by atoms with Crippen LogP contribution in [0.1, 0.15) is 5.56 Å². The fourth-order valence-corrected chi connectivity index (χ4v) is 2.37. The van der Waals surface area contributed by atoms with Crippen LogP contribution in [0.15, 0.2) is 24.3 Å². The maximum absolute atomic E-state index is 11.9. The van der Waals surface area contributed by atoms with Crippen LogP contribution in [0.5, 0.6) is 0 Å². The van der Waals surface area contributed by atoms with E-state index in [0.717, 1.165) is 38.4 Å². The summed E-state index contributed by atoms with van der Waals surface area (Å²) in [4.78, 5) is 27.4. The molecule has 1 aromatic rings. The number of nitrogens with one attached hydrogen (secondary N) is 2. The van der Waals surface area contributed by atoms with Gasteiger partial charge in [-0.3, -0.25) is 9.69 Å². The average molecular weight is 334 g/mol. The van der Waals surface area contributed by atoms with Crippen molar-refractivity contribution in [2.24, 2.45) is 0 Å². The molecule has 1 saturated heterocycles. The Morgan fingerprint density at radius 1 is 1.17 bits per heavy atom. The number of nitrogens with zero attached hydrogens (tertiary/aromatic N) is 2. The van der Waals surface area contributed by atoms with Gasteiger partial charge in [0, 0.05) is 46.0 Å². The highest BCUT2D eigenvalue weighted by Gasteiger charge is 2.10. The Labute approximate surface area is 142 Å². The average Bonchev–Trinajstić information content (AvgIpc) is 2.57. The van der Waals surface area contributed by atoms with Gasteiger partial charge in [0.25, 0.3) is 0 Å². The molecule has 7 heteroatoms. The molecule has 1 fully saturated rings. The van der Waals surface area contributed by atoms with Gasteiger partial charge in [-0.1, -0.05) is 12.1 Å². The normalized spacial score (nSPS) is 14.9. The Bertz CT molecular complexity index is 539. The maximum Gasteiger partial charge on any atom is 0.319 e. The van der Waals surface area contributed by atoms with Crippen molar-refractivity contribution in [3.05, 3.63) is 29.8 Å². The summed E-state index contributed by atoms with van der Waals surface area (Å²) >= 11 is 0. The Kier molecular flexibility index (Phi) is 7.02. The molecule has 132 valence electrons. The van der Waals surface area contributed by atoms with E-state index >= 15 is 0 Å². The van der Waals surface area contributed by atoms with Gasteiger partial charge in [-0.25, -0.2) is 4.79 Å². The van der Waals surface area contributed by atoms with Crippen LogP contribution in [0.4, 0.5) is 10.5 Å². The Balaban J connectivity index is 1.70. The van der Waals surface area contributed by atoms with E-state index in [-0.39, 0.29) is 11.9 Å². The second-order valence-electron chi connectivity index (χ2n) is 6.00. The van der Waals surface area contributed by atoms with E-state index in [1.807, 2.05) is 12.1 Å². The molecule has 0 unspecified atom stereocenters. The van der Waals surface area contributed by atoms with E-state index in [2.05, 4.69) is 15.5 Å². The minimum atomic E-state index is -0.222.